The Bertz CT molecular complexity index is 543. The Morgan fingerprint density at radius 3 is 2.33 bits per heavy atom. The third-order valence-electron chi connectivity index (χ3n) is 4.98. The van der Waals surface area contributed by atoms with Crippen LogP contribution in [0.1, 0.15) is 59.3 Å². The van der Waals surface area contributed by atoms with Gasteiger partial charge in [0.25, 0.3) is 0 Å². The van der Waals surface area contributed by atoms with Crippen molar-refractivity contribution >= 4 is 21.9 Å². The minimum atomic E-state index is -3.45. The molecule has 0 bridgehead atoms. The molecule has 0 spiro atoms. The minimum Gasteiger partial charge on any atom is -0.481 e. The van der Waals surface area contributed by atoms with E-state index in [1.807, 2.05) is 0 Å². The van der Waals surface area contributed by atoms with E-state index in [9.17, 15) is 23.1 Å². The summed E-state index contributed by atoms with van der Waals surface area (Å²) in [6, 6.07) is -0.726. The van der Waals surface area contributed by atoms with Crippen molar-refractivity contribution in [2.45, 2.75) is 65.3 Å². The number of rotatable bonds is 9. The second-order valence-corrected chi connectivity index (χ2v) is 8.49. The van der Waals surface area contributed by atoms with E-state index in [2.05, 4.69) is 5.32 Å². The number of carboxylic acids is 1. The van der Waals surface area contributed by atoms with E-state index in [1.165, 1.54) is 4.31 Å². The number of sulfonamides is 1. The molecular formula is C16H30N2O5S. The van der Waals surface area contributed by atoms with Crippen LogP contribution in [0.5, 0.6) is 0 Å². The van der Waals surface area contributed by atoms with E-state index in [4.69, 9.17) is 0 Å². The van der Waals surface area contributed by atoms with Crippen LogP contribution in [0.2, 0.25) is 0 Å². The van der Waals surface area contributed by atoms with Crippen molar-refractivity contribution in [2.24, 2.45) is 5.41 Å². The molecule has 1 heterocycles. The van der Waals surface area contributed by atoms with E-state index < -0.39 is 27.4 Å². The first-order chi connectivity index (χ1) is 11.2. The Morgan fingerprint density at radius 1 is 1.21 bits per heavy atom. The highest BCUT2D eigenvalue weighted by Crippen LogP contribution is 2.26. The summed E-state index contributed by atoms with van der Waals surface area (Å²) in [4.78, 5) is 24.1. The van der Waals surface area contributed by atoms with Gasteiger partial charge < -0.3 is 10.4 Å². The third kappa shape index (κ3) is 4.69. The fourth-order valence-corrected chi connectivity index (χ4v) is 4.87. The van der Waals surface area contributed by atoms with Gasteiger partial charge >= 0.3 is 5.97 Å². The summed E-state index contributed by atoms with van der Waals surface area (Å²) < 4.78 is 26.0. The maximum atomic E-state index is 12.6. The van der Waals surface area contributed by atoms with Crippen LogP contribution in [0.3, 0.4) is 0 Å². The van der Waals surface area contributed by atoms with E-state index in [1.54, 1.807) is 20.8 Å². The SMILES string of the molecule is CCCS(=O)(=O)N1CCCCC1C(=O)NCC(CC)(CC)C(=O)O. The predicted octanol–water partition coefficient (Wildman–Crippen LogP) is 1.59. The lowest BCUT2D eigenvalue weighted by molar-refractivity contribution is -0.149. The standard InChI is InChI=1S/C16H30N2O5S/c1-4-11-24(22,23)18-10-8-7-9-13(18)14(19)17-12-16(5-2,6-3)15(20)21/h13H,4-12H2,1-3H3,(H,17,19)(H,20,21). The van der Waals surface area contributed by atoms with Crippen LogP contribution in [0.15, 0.2) is 0 Å². The molecule has 0 aromatic rings. The van der Waals surface area contributed by atoms with Crippen molar-refractivity contribution in [3.63, 3.8) is 0 Å². The second kappa shape index (κ2) is 8.80. The summed E-state index contributed by atoms with van der Waals surface area (Å²) in [5.41, 5.74) is -1.00. The summed E-state index contributed by atoms with van der Waals surface area (Å²) in [5.74, 6) is -1.30. The van der Waals surface area contributed by atoms with Gasteiger partial charge in [0.05, 0.1) is 11.2 Å². The molecule has 140 valence electrons. The van der Waals surface area contributed by atoms with Crippen molar-refractivity contribution in [1.82, 2.24) is 9.62 Å². The van der Waals surface area contributed by atoms with Crippen molar-refractivity contribution < 1.29 is 23.1 Å². The zero-order valence-electron chi connectivity index (χ0n) is 14.9. The summed E-state index contributed by atoms with van der Waals surface area (Å²) in [6.07, 6.45) is 3.33. The second-order valence-electron chi connectivity index (χ2n) is 6.45. The monoisotopic (exact) mass is 362 g/mol. The fraction of sp³-hybridized carbons (Fsp3) is 0.875. The topological polar surface area (TPSA) is 104 Å². The number of nitrogens with one attached hydrogen (secondary N) is 1. The number of nitrogens with zero attached hydrogens (tertiary/aromatic N) is 1. The van der Waals surface area contributed by atoms with Crippen LogP contribution in [0.25, 0.3) is 0 Å². The number of amides is 1. The van der Waals surface area contributed by atoms with Crippen molar-refractivity contribution in [2.75, 3.05) is 18.8 Å². The Kier molecular flexibility index (Phi) is 7.66. The predicted molar refractivity (Wildman–Crippen MR) is 92.1 cm³/mol. The zero-order valence-corrected chi connectivity index (χ0v) is 15.7. The fourth-order valence-electron chi connectivity index (χ4n) is 3.13. The lowest BCUT2D eigenvalue weighted by Gasteiger charge is -2.35. The largest absolute Gasteiger partial charge is 0.481 e. The van der Waals surface area contributed by atoms with Gasteiger partial charge in [0.2, 0.25) is 15.9 Å². The maximum absolute atomic E-state index is 12.6. The van der Waals surface area contributed by atoms with Crippen LogP contribution in [-0.4, -0.2) is 54.6 Å². The molecular weight excluding hydrogens is 332 g/mol. The molecule has 1 aliphatic heterocycles. The molecule has 8 heteroatoms. The molecule has 1 rings (SSSR count). The molecule has 1 fully saturated rings. The van der Waals surface area contributed by atoms with Crippen LogP contribution in [0, 0.1) is 5.41 Å². The van der Waals surface area contributed by atoms with E-state index in [0.29, 0.717) is 32.2 Å². The van der Waals surface area contributed by atoms with Gasteiger partial charge in [-0.15, -0.1) is 0 Å². The Hall–Kier alpha value is -1.15. The molecule has 24 heavy (non-hydrogen) atoms. The Morgan fingerprint density at radius 2 is 1.83 bits per heavy atom. The molecule has 0 aromatic heterocycles. The molecule has 7 nitrogen and oxygen atoms in total. The number of hydrogen-bond acceptors (Lipinski definition) is 4. The van der Waals surface area contributed by atoms with Gasteiger partial charge in [-0.1, -0.05) is 27.2 Å². The first-order valence-corrected chi connectivity index (χ1v) is 10.4. The summed E-state index contributed by atoms with van der Waals surface area (Å²) in [5, 5.41) is 12.1. The van der Waals surface area contributed by atoms with Crippen molar-refractivity contribution in [3.05, 3.63) is 0 Å². The van der Waals surface area contributed by atoms with Gasteiger partial charge in [0, 0.05) is 13.1 Å². The lowest BCUT2D eigenvalue weighted by atomic mass is 9.82. The molecule has 0 saturated carbocycles. The minimum absolute atomic E-state index is 0.0202. The van der Waals surface area contributed by atoms with Gasteiger partial charge in [0.15, 0.2) is 0 Å². The highest BCUT2D eigenvalue weighted by molar-refractivity contribution is 7.89. The highest BCUT2D eigenvalue weighted by Gasteiger charge is 2.39. The first kappa shape index (κ1) is 20.9. The Balaban J connectivity index is 2.86. The number of carboxylic acid groups (broad SMARTS) is 1. The summed E-state index contributed by atoms with van der Waals surface area (Å²) in [7, 11) is -3.45. The van der Waals surface area contributed by atoms with Gasteiger partial charge in [-0.05, 0) is 32.1 Å². The number of carbonyl (C=O) groups is 2. The van der Waals surface area contributed by atoms with Crippen LogP contribution < -0.4 is 5.32 Å². The summed E-state index contributed by atoms with van der Waals surface area (Å²) in [6.45, 7) is 5.73. The maximum Gasteiger partial charge on any atom is 0.311 e. The van der Waals surface area contributed by atoms with Crippen molar-refractivity contribution in [3.8, 4) is 0 Å². The number of aliphatic carboxylic acids is 1. The number of piperidine rings is 1. The van der Waals surface area contributed by atoms with E-state index >= 15 is 0 Å². The molecule has 2 N–H and O–H groups in total. The summed E-state index contributed by atoms with van der Waals surface area (Å²) >= 11 is 0. The number of hydrogen-bond donors (Lipinski definition) is 2. The molecule has 1 atom stereocenters. The quantitative estimate of drug-likeness (QED) is 0.648. The van der Waals surface area contributed by atoms with Gasteiger partial charge in [0.1, 0.15) is 6.04 Å². The van der Waals surface area contributed by atoms with E-state index in [0.717, 1.165) is 12.8 Å². The number of carbonyl (C=O) groups excluding carboxylic acids is 1. The van der Waals surface area contributed by atoms with Crippen LogP contribution in [0.4, 0.5) is 0 Å². The molecule has 0 aromatic carbocycles. The molecule has 1 unspecified atom stereocenters. The molecule has 0 aliphatic carbocycles. The zero-order chi connectivity index (χ0) is 18.4. The van der Waals surface area contributed by atoms with E-state index in [-0.39, 0.29) is 18.2 Å². The smallest absolute Gasteiger partial charge is 0.311 e. The molecule has 1 saturated heterocycles. The van der Waals surface area contributed by atoms with Gasteiger partial charge in [-0.3, -0.25) is 9.59 Å². The highest BCUT2D eigenvalue weighted by atomic mass is 32.2. The third-order valence-corrected chi connectivity index (χ3v) is 7.06. The lowest BCUT2D eigenvalue weighted by Crippen LogP contribution is -2.54. The molecule has 1 amide bonds. The average Bonchev–Trinajstić information content (AvgIpc) is 2.55. The van der Waals surface area contributed by atoms with Crippen LogP contribution in [-0.2, 0) is 19.6 Å². The van der Waals surface area contributed by atoms with Gasteiger partial charge in [-0.2, -0.15) is 4.31 Å². The molecule has 1 aliphatic rings. The van der Waals surface area contributed by atoms with Crippen LogP contribution >= 0.6 is 0 Å². The normalized spacial score (nSPS) is 19.9. The first-order valence-electron chi connectivity index (χ1n) is 8.74. The average molecular weight is 362 g/mol. The van der Waals surface area contributed by atoms with Gasteiger partial charge in [-0.25, -0.2) is 8.42 Å². The van der Waals surface area contributed by atoms with Crippen molar-refractivity contribution in [1.29, 1.82) is 0 Å². The Labute approximate surface area is 144 Å². The molecule has 0 radical (unpaired) electrons.